The molecule has 1 aliphatic heterocycles. The zero-order chi connectivity index (χ0) is 31.7. The number of fused-ring (bicyclic) bond motifs is 1. The summed E-state index contributed by atoms with van der Waals surface area (Å²) in [5.74, 6) is -3.69. The predicted molar refractivity (Wildman–Crippen MR) is 153 cm³/mol. The van der Waals surface area contributed by atoms with Gasteiger partial charge < -0.3 is 20.3 Å². The summed E-state index contributed by atoms with van der Waals surface area (Å²) >= 11 is 0. The standard InChI is InChI=1S/C28H48N4O8S/c1-11-12-17(21(33)26(37)40-9)29-24(35)20-19-16(28(19,7)8)14-32(20)25(36)22(27(4,5)6)30-23(34)18(13-15(2)3)31-41(10,38)39/h15-20,22,31H,11-14H2,1-10H3,(H,29,35)(H,30,34)/t16?,17-,18+,19+,20?,22?/m1/s1. The van der Waals surface area contributed by atoms with E-state index in [1.807, 2.05) is 34.6 Å². The summed E-state index contributed by atoms with van der Waals surface area (Å²) < 4.78 is 30.8. The van der Waals surface area contributed by atoms with Crippen molar-refractivity contribution in [2.75, 3.05) is 19.9 Å². The Morgan fingerprint density at radius 1 is 1.05 bits per heavy atom. The van der Waals surface area contributed by atoms with Crippen molar-refractivity contribution >= 4 is 39.5 Å². The lowest BCUT2D eigenvalue weighted by Crippen LogP contribution is -2.62. The minimum absolute atomic E-state index is 0.00597. The molecular formula is C28H48N4O8S. The molecule has 2 fully saturated rings. The van der Waals surface area contributed by atoms with Gasteiger partial charge in [-0.2, -0.15) is 0 Å². The number of nitrogens with one attached hydrogen (secondary N) is 3. The number of hydrogen-bond acceptors (Lipinski definition) is 8. The monoisotopic (exact) mass is 600 g/mol. The van der Waals surface area contributed by atoms with Gasteiger partial charge in [-0.1, -0.05) is 61.8 Å². The molecule has 1 aliphatic carbocycles. The van der Waals surface area contributed by atoms with Crippen LogP contribution in [0.25, 0.3) is 0 Å². The highest BCUT2D eigenvalue weighted by Gasteiger charge is 2.70. The van der Waals surface area contributed by atoms with Crippen molar-refractivity contribution in [2.45, 2.75) is 98.8 Å². The molecule has 1 saturated heterocycles. The van der Waals surface area contributed by atoms with Crippen LogP contribution >= 0.6 is 0 Å². The number of ether oxygens (including phenoxy) is 1. The van der Waals surface area contributed by atoms with E-state index in [1.165, 1.54) is 4.90 Å². The summed E-state index contributed by atoms with van der Waals surface area (Å²) in [6.07, 6.45) is 1.95. The topological polar surface area (TPSA) is 168 Å². The highest BCUT2D eigenvalue weighted by atomic mass is 32.2. The lowest BCUT2D eigenvalue weighted by molar-refractivity contribution is -0.153. The first-order chi connectivity index (χ1) is 18.7. The first kappa shape index (κ1) is 34.7. The fourth-order valence-electron chi connectivity index (χ4n) is 5.87. The zero-order valence-corrected chi connectivity index (χ0v) is 26.8. The molecule has 2 aliphatic rings. The third kappa shape index (κ3) is 8.27. The fraction of sp³-hybridized carbons (Fsp3) is 0.821. The number of carbonyl (C=O) groups excluding carboxylic acids is 5. The minimum atomic E-state index is -3.71. The van der Waals surface area contributed by atoms with Gasteiger partial charge in [0.2, 0.25) is 27.7 Å². The van der Waals surface area contributed by atoms with Crippen LogP contribution in [0.4, 0.5) is 0 Å². The first-order valence-electron chi connectivity index (χ1n) is 14.2. The van der Waals surface area contributed by atoms with Gasteiger partial charge in [0.1, 0.15) is 18.1 Å². The molecule has 0 spiro atoms. The van der Waals surface area contributed by atoms with Gasteiger partial charge in [-0.25, -0.2) is 17.9 Å². The lowest BCUT2D eigenvalue weighted by Gasteiger charge is -2.38. The molecule has 0 aromatic rings. The molecule has 0 radical (unpaired) electrons. The number of sulfonamides is 1. The molecule has 1 saturated carbocycles. The molecule has 2 rings (SSSR count). The number of amides is 3. The number of methoxy groups -OCH3 is 1. The molecule has 12 nitrogen and oxygen atoms in total. The fourth-order valence-corrected chi connectivity index (χ4v) is 6.59. The van der Waals surface area contributed by atoms with Crippen LogP contribution in [0.2, 0.25) is 0 Å². The second-order valence-electron chi connectivity index (χ2n) is 13.5. The Hall–Kier alpha value is -2.54. The van der Waals surface area contributed by atoms with Crippen LogP contribution in [-0.4, -0.2) is 86.9 Å². The van der Waals surface area contributed by atoms with Crippen molar-refractivity contribution in [3.8, 4) is 0 Å². The summed E-state index contributed by atoms with van der Waals surface area (Å²) in [4.78, 5) is 67.1. The Morgan fingerprint density at radius 2 is 1.63 bits per heavy atom. The third-order valence-electron chi connectivity index (χ3n) is 8.14. The van der Waals surface area contributed by atoms with E-state index >= 15 is 0 Å². The number of likely N-dealkylation sites (tertiary alicyclic amines) is 1. The number of hydrogen-bond donors (Lipinski definition) is 3. The van der Waals surface area contributed by atoms with Gasteiger partial charge in [-0.3, -0.25) is 19.2 Å². The summed E-state index contributed by atoms with van der Waals surface area (Å²) in [5, 5.41) is 5.46. The SMILES string of the molecule is CCC[C@@H](NC(=O)C1[C@@H]2C(CN1C(=O)C(NC(=O)[C@H](CC(C)C)NS(C)(=O)=O)C(C)(C)C)C2(C)C)C(=O)C(=O)OC. The Morgan fingerprint density at radius 3 is 2.10 bits per heavy atom. The van der Waals surface area contributed by atoms with E-state index in [-0.39, 0.29) is 42.6 Å². The average molecular weight is 601 g/mol. The second kappa shape index (κ2) is 12.8. The summed E-state index contributed by atoms with van der Waals surface area (Å²) in [6, 6.07) is -4.14. The molecule has 13 heteroatoms. The number of Topliss-reactive ketones (excluding diaryl/α,β-unsaturated/α-hetero) is 1. The molecule has 0 aromatic carbocycles. The van der Waals surface area contributed by atoms with E-state index in [0.29, 0.717) is 6.42 Å². The Kier molecular flexibility index (Phi) is 10.8. The van der Waals surface area contributed by atoms with Crippen molar-refractivity contribution < 1.29 is 37.1 Å². The van der Waals surface area contributed by atoms with Crippen molar-refractivity contribution in [3.63, 3.8) is 0 Å². The van der Waals surface area contributed by atoms with E-state index in [4.69, 9.17) is 0 Å². The Balaban J connectivity index is 2.38. The molecule has 234 valence electrons. The van der Waals surface area contributed by atoms with Gasteiger partial charge in [0.05, 0.1) is 19.4 Å². The molecule has 6 atom stereocenters. The van der Waals surface area contributed by atoms with Gasteiger partial charge in [0.15, 0.2) is 0 Å². The van der Waals surface area contributed by atoms with E-state index in [0.717, 1.165) is 13.4 Å². The highest BCUT2D eigenvalue weighted by molar-refractivity contribution is 7.88. The molecule has 3 unspecified atom stereocenters. The summed E-state index contributed by atoms with van der Waals surface area (Å²) in [7, 11) is -2.61. The number of piperidine rings is 1. The third-order valence-corrected chi connectivity index (χ3v) is 8.85. The van der Waals surface area contributed by atoms with E-state index < -0.39 is 69.1 Å². The van der Waals surface area contributed by atoms with Gasteiger partial charge >= 0.3 is 5.97 Å². The van der Waals surface area contributed by atoms with Crippen LogP contribution < -0.4 is 15.4 Å². The van der Waals surface area contributed by atoms with E-state index in [1.54, 1.807) is 20.8 Å². The molecule has 3 N–H and O–H groups in total. The predicted octanol–water partition coefficient (Wildman–Crippen LogP) is 0.991. The minimum Gasteiger partial charge on any atom is -0.463 e. The lowest BCUT2D eigenvalue weighted by atomic mass is 9.84. The van der Waals surface area contributed by atoms with Crippen LogP contribution in [0.1, 0.15) is 74.7 Å². The van der Waals surface area contributed by atoms with E-state index in [2.05, 4.69) is 20.1 Å². The molecule has 0 aromatic heterocycles. The van der Waals surface area contributed by atoms with Crippen LogP contribution in [-0.2, 0) is 38.7 Å². The number of ketones is 1. The zero-order valence-electron chi connectivity index (χ0n) is 26.0. The molecule has 0 bridgehead atoms. The normalized spacial score (nSPS) is 23.7. The highest BCUT2D eigenvalue weighted by Crippen LogP contribution is 2.65. The first-order valence-corrected chi connectivity index (χ1v) is 16.1. The maximum atomic E-state index is 14.1. The Bertz CT molecular complexity index is 1140. The summed E-state index contributed by atoms with van der Waals surface area (Å²) in [5.41, 5.74) is -0.997. The largest absolute Gasteiger partial charge is 0.463 e. The number of carbonyl (C=O) groups is 5. The van der Waals surface area contributed by atoms with Crippen LogP contribution in [0.3, 0.4) is 0 Å². The molecule has 1 heterocycles. The average Bonchev–Trinajstić information content (AvgIpc) is 3.15. The maximum absolute atomic E-state index is 14.1. The maximum Gasteiger partial charge on any atom is 0.376 e. The van der Waals surface area contributed by atoms with Gasteiger partial charge in [0.25, 0.3) is 5.78 Å². The number of rotatable bonds is 13. The van der Waals surface area contributed by atoms with Gasteiger partial charge in [-0.15, -0.1) is 0 Å². The van der Waals surface area contributed by atoms with Crippen LogP contribution in [0.15, 0.2) is 0 Å². The van der Waals surface area contributed by atoms with Gasteiger partial charge in [0, 0.05) is 6.54 Å². The molecular weight excluding hydrogens is 552 g/mol. The second-order valence-corrected chi connectivity index (χ2v) is 15.3. The number of nitrogens with zero attached hydrogens (tertiary/aromatic N) is 1. The molecule has 41 heavy (non-hydrogen) atoms. The summed E-state index contributed by atoms with van der Waals surface area (Å²) in [6.45, 7) is 15.2. The van der Waals surface area contributed by atoms with Crippen molar-refractivity contribution in [1.82, 2.24) is 20.3 Å². The van der Waals surface area contributed by atoms with Crippen molar-refractivity contribution in [3.05, 3.63) is 0 Å². The van der Waals surface area contributed by atoms with Crippen molar-refractivity contribution in [2.24, 2.45) is 28.6 Å². The van der Waals surface area contributed by atoms with Gasteiger partial charge in [-0.05, 0) is 41.4 Å². The van der Waals surface area contributed by atoms with Crippen LogP contribution in [0, 0.1) is 28.6 Å². The quantitative estimate of drug-likeness (QED) is 0.208. The molecule has 3 amide bonds. The van der Waals surface area contributed by atoms with Crippen LogP contribution in [0.5, 0.6) is 0 Å². The van der Waals surface area contributed by atoms with E-state index in [9.17, 15) is 32.4 Å². The Labute approximate surface area is 244 Å². The van der Waals surface area contributed by atoms with Crippen molar-refractivity contribution in [1.29, 1.82) is 0 Å². The number of esters is 1. The smallest absolute Gasteiger partial charge is 0.376 e.